The Balaban J connectivity index is 2.11. The number of carbonyl (C=O) groups excluding carboxylic acids is 2. The first-order chi connectivity index (χ1) is 12.7. The van der Waals surface area contributed by atoms with E-state index in [0.29, 0.717) is 11.4 Å². The molecule has 0 saturated carbocycles. The minimum absolute atomic E-state index is 0.0232. The maximum absolute atomic E-state index is 13.6. The molecule has 7 nitrogen and oxygen atoms in total. The van der Waals surface area contributed by atoms with Crippen molar-refractivity contribution in [3.8, 4) is 0 Å². The van der Waals surface area contributed by atoms with Crippen LogP contribution in [-0.2, 0) is 14.8 Å². The van der Waals surface area contributed by atoms with Gasteiger partial charge < -0.3 is 10.6 Å². The van der Waals surface area contributed by atoms with E-state index in [1.165, 1.54) is 37.3 Å². The van der Waals surface area contributed by atoms with E-state index in [9.17, 15) is 22.4 Å². The number of hydrogen-bond acceptors (Lipinski definition) is 4. The molecule has 2 N–H and O–H groups in total. The van der Waals surface area contributed by atoms with Gasteiger partial charge in [-0.1, -0.05) is 18.2 Å². The zero-order valence-corrected chi connectivity index (χ0v) is 15.7. The van der Waals surface area contributed by atoms with E-state index in [1.807, 2.05) is 0 Å². The van der Waals surface area contributed by atoms with Crippen molar-refractivity contribution in [2.45, 2.75) is 6.92 Å². The van der Waals surface area contributed by atoms with E-state index in [0.717, 1.165) is 10.6 Å². The molecule has 9 heteroatoms. The highest BCUT2D eigenvalue weighted by molar-refractivity contribution is 7.92. The Kier molecular flexibility index (Phi) is 6.51. The molecule has 0 unspecified atom stereocenters. The number of halogens is 1. The second kappa shape index (κ2) is 8.63. The minimum atomic E-state index is -3.64. The maximum atomic E-state index is 13.6. The predicted octanol–water partition coefficient (Wildman–Crippen LogP) is 1.98. The molecule has 2 amide bonds. The first-order valence-electron chi connectivity index (χ1n) is 8.06. The van der Waals surface area contributed by atoms with E-state index in [1.54, 1.807) is 18.2 Å². The summed E-state index contributed by atoms with van der Waals surface area (Å²) in [6.07, 6.45) is 1.04. The molecule has 144 valence electrons. The second-order valence-corrected chi connectivity index (χ2v) is 7.71. The number of amides is 2. The van der Waals surface area contributed by atoms with Gasteiger partial charge in [0.15, 0.2) is 0 Å². The lowest BCUT2D eigenvalue weighted by Gasteiger charge is -2.23. The Hall–Kier alpha value is -2.94. The average molecular weight is 393 g/mol. The Morgan fingerprint density at radius 2 is 1.81 bits per heavy atom. The van der Waals surface area contributed by atoms with Gasteiger partial charge in [0.1, 0.15) is 5.82 Å². The van der Waals surface area contributed by atoms with Crippen LogP contribution < -0.4 is 14.9 Å². The van der Waals surface area contributed by atoms with Crippen molar-refractivity contribution >= 4 is 33.2 Å². The van der Waals surface area contributed by atoms with Crippen molar-refractivity contribution < 1.29 is 22.4 Å². The fraction of sp³-hybridized carbons (Fsp3) is 0.222. The SMILES string of the molecule is CC(=O)Nc1cccc(N(CCNC(=O)c2ccccc2F)S(C)(=O)=O)c1. The summed E-state index contributed by atoms with van der Waals surface area (Å²) in [5.74, 6) is -1.57. The molecule has 0 atom stereocenters. The highest BCUT2D eigenvalue weighted by Crippen LogP contribution is 2.21. The molecule has 0 fully saturated rings. The Morgan fingerprint density at radius 3 is 2.44 bits per heavy atom. The summed E-state index contributed by atoms with van der Waals surface area (Å²) in [4.78, 5) is 23.2. The van der Waals surface area contributed by atoms with Gasteiger partial charge in [0.25, 0.3) is 5.91 Å². The summed E-state index contributed by atoms with van der Waals surface area (Å²) in [6.45, 7) is 1.27. The van der Waals surface area contributed by atoms with Crippen LogP contribution >= 0.6 is 0 Å². The molecule has 2 rings (SSSR count). The standard InChI is InChI=1S/C18H20FN3O4S/c1-13(23)21-14-6-5-7-15(12-14)22(27(2,25)26)11-10-20-18(24)16-8-3-4-9-17(16)19/h3-9,12H,10-11H2,1-2H3,(H,20,24)(H,21,23). The number of sulfonamides is 1. The Labute approximate surface area is 157 Å². The third-order valence-electron chi connectivity index (χ3n) is 3.57. The molecule has 0 heterocycles. The van der Waals surface area contributed by atoms with Gasteiger partial charge in [-0.05, 0) is 30.3 Å². The van der Waals surface area contributed by atoms with Crippen LogP contribution in [0, 0.1) is 5.82 Å². The van der Waals surface area contributed by atoms with Gasteiger partial charge in [0, 0.05) is 19.2 Å². The summed E-state index contributed by atoms with van der Waals surface area (Å²) >= 11 is 0. The van der Waals surface area contributed by atoms with Crippen molar-refractivity contribution in [1.82, 2.24) is 5.32 Å². The lowest BCUT2D eigenvalue weighted by molar-refractivity contribution is -0.114. The molecular weight excluding hydrogens is 373 g/mol. The van der Waals surface area contributed by atoms with Crippen LogP contribution in [0.25, 0.3) is 0 Å². The molecule has 0 radical (unpaired) electrons. The van der Waals surface area contributed by atoms with Crippen molar-refractivity contribution in [3.63, 3.8) is 0 Å². The Morgan fingerprint density at radius 1 is 1.11 bits per heavy atom. The molecule has 0 bridgehead atoms. The molecule has 0 aliphatic rings. The average Bonchev–Trinajstić information content (AvgIpc) is 2.57. The van der Waals surface area contributed by atoms with Crippen molar-refractivity contribution in [3.05, 3.63) is 59.9 Å². The zero-order valence-electron chi connectivity index (χ0n) is 14.9. The number of benzene rings is 2. The summed E-state index contributed by atoms with van der Waals surface area (Å²) < 4.78 is 39.0. The normalized spacial score (nSPS) is 10.9. The summed E-state index contributed by atoms with van der Waals surface area (Å²) in [5, 5.41) is 5.09. The number of rotatable bonds is 7. The van der Waals surface area contributed by atoms with Crippen LogP contribution in [-0.4, -0.2) is 39.6 Å². The van der Waals surface area contributed by atoms with Gasteiger partial charge in [-0.25, -0.2) is 12.8 Å². The molecular formula is C18H20FN3O4S. The van der Waals surface area contributed by atoms with E-state index in [-0.39, 0.29) is 24.6 Å². The molecule has 2 aromatic carbocycles. The summed E-state index contributed by atoms with van der Waals surface area (Å²) in [6, 6.07) is 11.9. The van der Waals surface area contributed by atoms with Crippen LogP contribution in [0.2, 0.25) is 0 Å². The molecule has 0 aromatic heterocycles. The minimum Gasteiger partial charge on any atom is -0.350 e. The van der Waals surface area contributed by atoms with E-state index < -0.39 is 21.7 Å². The number of nitrogens with one attached hydrogen (secondary N) is 2. The predicted molar refractivity (Wildman–Crippen MR) is 102 cm³/mol. The van der Waals surface area contributed by atoms with Crippen molar-refractivity contribution in [1.29, 1.82) is 0 Å². The van der Waals surface area contributed by atoms with Gasteiger partial charge in [0.05, 0.1) is 24.1 Å². The van der Waals surface area contributed by atoms with Gasteiger partial charge in [-0.15, -0.1) is 0 Å². The highest BCUT2D eigenvalue weighted by Gasteiger charge is 2.18. The monoisotopic (exact) mass is 393 g/mol. The third-order valence-corrected chi connectivity index (χ3v) is 4.77. The van der Waals surface area contributed by atoms with Gasteiger partial charge >= 0.3 is 0 Å². The van der Waals surface area contributed by atoms with E-state index in [4.69, 9.17) is 0 Å². The number of nitrogens with zero attached hydrogens (tertiary/aromatic N) is 1. The molecule has 0 spiro atoms. The molecule has 2 aromatic rings. The quantitative estimate of drug-likeness (QED) is 0.752. The van der Waals surface area contributed by atoms with Crippen LogP contribution in [0.1, 0.15) is 17.3 Å². The Bertz CT molecular complexity index is 947. The number of anilines is 2. The van der Waals surface area contributed by atoms with Crippen LogP contribution in [0.5, 0.6) is 0 Å². The van der Waals surface area contributed by atoms with Crippen LogP contribution in [0.3, 0.4) is 0 Å². The van der Waals surface area contributed by atoms with E-state index >= 15 is 0 Å². The molecule has 0 aliphatic heterocycles. The molecule has 0 aliphatic carbocycles. The number of hydrogen-bond donors (Lipinski definition) is 2. The summed E-state index contributed by atoms with van der Waals surface area (Å²) in [7, 11) is -3.64. The summed E-state index contributed by atoms with van der Waals surface area (Å²) in [5.41, 5.74) is 0.670. The highest BCUT2D eigenvalue weighted by atomic mass is 32.2. The topological polar surface area (TPSA) is 95.6 Å². The maximum Gasteiger partial charge on any atom is 0.254 e. The second-order valence-electron chi connectivity index (χ2n) is 5.80. The van der Waals surface area contributed by atoms with Gasteiger partial charge in [-0.2, -0.15) is 0 Å². The van der Waals surface area contributed by atoms with Gasteiger partial charge in [0.2, 0.25) is 15.9 Å². The smallest absolute Gasteiger partial charge is 0.254 e. The number of carbonyl (C=O) groups is 2. The lowest BCUT2D eigenvalue weighted by atomic mass is 10.2. The molecule has 27 heavy (non-hydrogen) atoms. The largest absolute Gasteiger partial charge is 0.350 e. The molecule has 0 saturated heterocycles. The first-order valence-corrected chi connectivity index (χ1v) is 9.91. The van der Waals surface area contributed by atoms with Crippen molar-refractivity contribution in [2.24, 2.45) is 0 Å². The van der Waals surface area contributed by atoms with Crippen LogP contribution in [0.15, 0.2) is 48.5 Å². The fourth-order valence-corrected chi connectivity index (χ4v) is 3.36. The van der Waals surface area contributed by atoms with Crippen molar-refractivity contribution in [2.75, 3.05) is 29.0 Å². The third kappa shape index (κ3) is 5.78. The first kappa shape index (κ1) is 20.4. The fourth-order valence-electron chi connectivity index (χ4n) is 2.44. The lowest BCUT2D eigenvalue weighted by Crippen LogP contribution is -2.38. The van der Waals surface area contributed by atoms with E-state index in [2.05, 4.69) is 10.6 Å². The van der Waals surface area contributed by atoms with Gasteiger partial charge in [-0.3, -0.25) is 13.9 Å². The zero-order chi connectivity index (χ0) is 20.0. The van der Waals surface area contributed by atoms with Crippen LogP contribution in [0.4, 0.5) is 15.8 Å².